The summed E-state index contributed by atoms with van der Waals surface area (Å²) >= 11 is 0. The zero-order valence-corrected chi connectivity index (χ0v) is 15.5. The number of ether oxygens (including phenoxy) is 1. The topological polar surface area (TPSA) is 119 Å². The monoisotopic (exact) mass is 386 g/mol. The molecule has 0 saturated heterocycles. The normalized spacial score (nSPS) is 15.2. The smallest absolute Gasteiger partial charge is 0.326 e. The number of benzene rings is 1. The van der Waals surface area contributed by atoms with Gasteiger partial charge in [-0.15, -0.1) is 0 Å². The number of hydrogen-bond donors (Lipinski definition) is 2. The van der Waals surface area contributed by atoms with Crippen molar-refractivity contribution in [2.45, 2.75) is 51.3 Å². The molecule has 9 heteroatoms. The van der Waals surface area contributed by atoms with E-state index in [1.165, 1.54) is 13.3 Å². The third kappa shape index (κ3) is 4.73. The molecule has 0 unspecified atom stereocenters. The first-order valence-electron chi connectivity index (χ1n) is 9.19. The second-order valence-corrected chi connectivity index (χ2v) is 6.77. The van der Waals surface area contributed by atoms with Gasteiger partial charge in [0.15, 0.2) is 6.10 Å². The van der Waals surface area contributed by atoms with Crippen LogP contribution in [0, 0.1) is 0 Å². The van der Waals surface area contributed by atoms with E-state index in [4.69, 9.17) is 4.74 Å². The molecule has 1 fully saturated rings. The molecule has 28 heavy (non-hydrogen) atoms. The number of nitrogens with one attached hydrogen (secondary N) is 2. The molecule has 1 heterocycles. The van der Waals surface area contributed by atoms with Crippen LogP contribution in [0.1, 0.15) is 32.6 Å². The number of hydrogen-bond acceptors (Lipinski definition) is 6. The lowest BCUT2D eigenvalue weighted by atomic mass is 10.2. The maximum absolute atomic E-state index is 12.4. The molecule has 1 atom stereocenters. The first kappa shape index (κ1) is 19.5. The van der Waals surface area contributed by atoms with E-state index in [1.54, 1.807) is 24.3 Å². The lowest BCUT2D eigenvalue weighted by Crippen LogP contribution is -2.47. The summed E-state index contributed by atoms with van der Waals surface area (Å²) in [7, 11) is 0. The van der Waals surface area contributed by atoms with Crippen LogP contribution in [0.3, 0.4) is 0 Å². The zero-order chi connectivity index (χ0) is 20.1. The lowest BCUT2D eigenvalue weighted by Gasteiger charge is -2.16. The largest absolute Gasteiger partial charge is 0.451 e. The molecule has 1 aromatic heterocycles. The van der Waals surface area contributed by atoms with Crippen LogP contribution in [-0.4, -0.2) is 39.6 Å². The second-order valence-electron chi connectivity index (χ2n) is 6.77. The Balaban J connectivity index is 1.53. The number of urea groups is 1. The number of carbonyl (C=O) groups excluding carboxylic acids is 3. The van der Waals surface area contributed by atoms with Gasteiger partial charge in [0.05, 0.1) is 17.2 Å². The molecule has 3 rings (SSSR count). The SMILES string of the molecule is C[C@@H](OC(=O)Cn1cnc2ccccc2c1=O)C(=O)NC(=O)NC1CCCC1. The van der Waals surface area contributed by atoms with E-state index in [9.17, 15) is 19.2 Å². The standard InChI is InChI=1S/C19H22N4O5/c1-12(17(25)22-19(27)21-13-6-2-3-7-13)28-16(24)10-23-11-20-15-9-5-4-8-14(15)18(23)26/h4-5,8-9,11-13H,2-3,6-7,10H2,1H3,(H2,21,22,25,27)/t12-/m1/s1. The fourth-order valence-corrected chi connectivity index (χ4v) is 3.15. The highest BCUT2D eigenvalue weighted by molar-refractivity contribution is 5.97. The minimum atomic E-state index is -1.18. The number of para-hydroxylation sites is 1. The molecule has 1 aromatic carbocycles. The quantitative estimate of drug-likeness (QED) is 0.743. The van der Waals surface area contributed by atoms with Gasteiger partial charge in [0.2, 0.25) is 0 Å². The van der Waals surface area contributed by atoms with Gasteiger partial charge in [0.1, 0.15) is 6.54 Å². The molecular weight excluding hydrogens is 364 g/mol. The van der Waals surface area contributed by atoms with Gasteiger partial charge in [-0.25, -0.2) is 9.78 Å². The fourth-order valence-electron chi connectivity index (χ4n) is 3.15. The summed E-state index contributed by atoms with van der Waals surface area (Å²) in [6.45, 7) is 0.972. The Morgan fingerprint density at radius 3 is 2.71 bits per heavy atom. The first-order valence-corrected chi connectivity index (χ1v) is 9.19. The van der Waals surface area contributed by atoms with Crippen LogP contribution in [0.15, 0.2) is 35.4 Å². The highest BCUT2D eigenvalue weighted by Gasteiger charge is 2.23. The van der Waals surface area contributed by atoms with Gasteiger partial charge in [0, 0.05) is 6.04 Å². The van der Waals surface area contributed by atoms with Crippen LogP contribution in [0.5, 0.6) is 0 Å². The average Bonchev–Trinajstić information content (AvgIpc) is 3.17. The highest BCUT2D eigenvalue weighted by Crippen LogP contribution is 2.17. The molecule has 0 radical (unpaired) electrons. The number of aromatic nitrogens is 2. The van der Waals surface area contributed by atoms with Gasteiger partial charge in [-0.05, 0) is 31.9 Å². The Bertz CT molecular complexity index is 949. The first-order chi connectivity index (χ1) is 13.4. The number of imide groups is 1. The van der Waals surface area contributed by atoms with E-state index in [1.807, 2.05) is 0 Å². The third-order valence-electron chi connectivity index (χ3n) is 4.64. The summed E-state index contributed by atoms with van der Waals surface area (Å²) in [5, 5.41) is 5.26. The Morgan fingerprint density at radius 1 is 1.25 bits per heavy atom. The van der Waals surface area contributed by atoms with E-state index in [2.05, 4.69) is 15.6 Å². The highest BCUT2D eigenvalue weighted by atomic mass is 16.5. The fraction of sp³-hybridized carbons (Fsp3) is 0.421. The molecule has 0 bridgehead atoms. The maximum atomic E-state index is 12.4. The minimum Gasteiger partial charge on any atom is -0.451 e. The number of carbonyl (C=O) groups is 3. The average molecular weight is 386 g/mol. The van der Waals surface area contributed by atoms with Gasteiger partial charge in [-0.2, -0.15) is 0 Å². The predicted octanol–water partition coefficient (Wildman–Crippen LogP) is 1.10. The number of nitrogens with zero attached hydrogens (tertiary/aromatic N) is 2. The Kier molecular flexibility index (Phi) is 6.03. The van der Waals surface area contributed by atoms with Crippen LogP contribution >= 0.6 is 0 Å². The Labute approximate surface area is 161 Å². The molecular formula is C19H22N4O5. The van der Waals surface area contributed by atoms with E-state index < -0.39 is 24.0 Å². The van der Waals surface area contributed by atoms with Gasteiger partial charge >= 0.3 is 12.0 Å². The van der Waals surface area contributed by atoms with Gasteiger partial charge in [-0.3, -0.25) is 24.3 Å². The van der Waals surface area contributed by atoms with Crippen molar-refractivity contribution in [3.63, 3.8) is 0 Å². The molecule has 0 spiro atoms. The molecule has 9 nitrogen and oxygen atoms in total. The van der Waals surface area contributed by atoms with Crippen molar-refractivity contribution in [1.82, 2.24) is 20.2 Å². The van der Waals surface area contributed by atoms with Crippen molar-refractivity contribution in [1.29, 1.82) is 0 Å². The van der Waals surface area contributed by atoms with Crippen molar-refractivity contribution in [2.75, 3.05) is 0 Å². The summed E-state index contributed by atoms with van der Waals surface area (Å²) < 4.78 is 6.15. The summed E-state index contributed by atoms with van der Waals surface area (Å²) in [5.41, 5.74) is 0.147. The molecule has 2 N–H and O–H groups in total. The third-order valence-corrected chi connectivity index (χ3v) is 4.64. The van der Waals surface area contributed by atoms with Crippen molar-refractivity contribution in [3.05, 3.63) is 40.9 Å². The van der Waals surface area contributed by atoms with Crippen LogP contribution in [0.2, 0.25) is 0 Å². The van der Waals surface area contributed by atoms with Crippen molar-refractivity contribution < 1.29 is 19.1 Å². The summed E-state index contributed by atoms with van der Waals surface area (Å²) in [6, 6.07) is 6.24. The maximum Gasteiger partial charge on any atom is 0.326 e. The van der Waals surface area contributed by atoms with E-state index in [0.717, 1.165) is 30.3 Å². The zero-order valence-electron chi connectivity index (χ0n) is 15.5. The van der Waals surface area contributed by atoms with Crippen LogP contribution < -0.4 is 16.2 Å². The molecule has 1 aliphatic carbocycles. The molecule has 1 saturated carbocycles. The van der Waals surface area contributed by atoms with Crippen LogP contribution in [0.4, 0.5) is 4.79 Å². The van der Waals surface area contributed by atoms with Gasteiger partial charge in [0.25, 0.3) is 11.5 Å². The Hall–Kier alpha value is -3.23. The summed E-state index contributed by atoms with van der Waals surface area (Å²) in [6.07, 6.45) is 3.96. The molecule has 148 valence electrons. The minimum absolute atomic E-state index is 0.0675. The van der Waals surface area contributed by atoms with Crippen LogP contribution in [-0.2, 0) is 20.9 Å². The lowest BCUT2D eigenvalue weighted by molar-refractivity contribution is -0.155. The van der Waals surface area contributed by atoms with E-state index >= 15 is 0 Å². The number of rotatable bonds is 5. The number of esters is 1. The van der Waals surface area contributed by atoms with E-state index in [0.29, 0.717) is 10.9 Å². The Morgan fingerprint density at radius 2 is 1.96 bits per heavy atom. The van der Waals surface area contributed by atoms with Gasteiger partial charge < -0.3 is 10.1 Å². The van der Waals surface area contributed by atoms with Crippen molar-refractivity contribution >= 4 is 28.8 Å². The second kappa shape index (κ2) is 8.64. The summed E-state index contributed by atoms with van der Waals surface area (Å²) in [4.78, 5) is 52.4. The predicted molar refractivity (Wildman–Crippen MR) is 100 cm³/mol. The van der Waals surface area contributed by atoms with Crippen molar-refractivity contribution in [2.24, 2.45) is 0 Å². The summed E-state index contributed by atoms with van der Waals surface area (Å²) in [5.74, 6) is -1.51. The molecule has 2 aromatic rings. The molecule has 0 aliphatic heterocycles. The number of amides is 3. The van der Waals surface area contributed by atoms with Crippen LogP contribution in [0.25, 0.3) is 10.9 Å². The molecule has 3 amide bonds. The van der Waals surface area contributed by atoms with Gasteiger partial charge in [-0.1, -0.05) is 25.0 Å². The molecule has 1 aliphatic rings. The van der Waals surface area contributed by atoms with E-state index in [-0.39, 0.29) is 18.1 Å². The number of fused-ring (bicyclic) bond motifs is 1. The van der Waals surface area contributed by atoms with Crippen molar-refractivity contribution in [3.8, 4) is 0 Å².